The summed E-state index contributed by atoms with van der Waals surface area (Å²) in [7, 11) is 0. The lowest BCUT2D eigenvalue weighted by Gasteiger charge is -2.18. The van der Waals surface area contributed by atoms with Crippen LogP contribution in [0.4, 0.5) is 0 Å². The average molecular weight is 210 g/mol. The topological polar surface area (TPSA) is 38.8 Å². The SMILES string of the molecule is C=C(CC)C(=O)OCC1CCC2OC2C1. The zero-order valence-electron chi connectivity index (χ0n) is 9.20. The summed E-state index contributed by atoms with van der Waals surface area (Å²) in [6.45, 7) is 6.10. The molecule has 3 heteroatoms. The molecular weight excluding hydrogens is 192 g/mol. The molecule has 0 aromatic heterocycles. The van der Waals surface area contributed by atoms with Crippen molar-refractivity contribution in [3.8, 4) is 0 Å². The molecular formula is C12H18O3. The lowest BCUT2D eigenvalue weighted by atomic mass is 9.90. The second-order valence-electron chi connectivity index (χ2n) is 4.45. The van der Waals surface area contributed by atoms with Gasteiger partial charge < -0.3 is 9.47 Å². The lowest BCUT2D eigenvalue weighted by molar-refractivity contribution is -0.140. The van der Waals surface area contributed by atoms with Crippen LogP contribution >= 0.6 is 0 Å². The standard InChI is InChI=1S/C12H18O3/c1-3-8(2)12(13)14-7-9-4-5-10-11(6-9)15-10/h9-11H,2-7H2,1H3. The molecule has 2 fully saturated rings. The molecule has 0 spiro atoms. The van der Waals surface area contributed by atoms with Crippen LogP contribution in [0.3, 0.4) is 0 Å². The molecule has 84 valence electrons. The molecule has 0 aromatic carbocycles. The predicted octanol–water partition coefficient (Wildman–Crippen LogP) is 2.06. The van der Waals surface area contributed by atoms with Crippen molar-refractivity contribution in [2.75, 3.05) is 6.61 Å². The molecule has 1 saturated carbocycles. The molecule has 3 unspecified atom stereocenters. The Morgan fingerprint density at radius 2 is 2.27 bits per heavy atom. The summed E-state index contributed by atoms with van der Waals surface area (Å²) in [5.74, 6) is 0.249. The summed E-state index contributed by atoms with van der Waals surface area (Å²) < 4.78 is 10.6. The summed E-state index contributed by atoms with van der Waals surface area (Å²) in [6, 6.07) is 0. The lowest BCUT2D eigenvalue weighted by Crippen LogP contribution is -2.20. The van der Waals surface area contributed by atoms with Gasteiger partial charge >= 0.3 is 5.97 Å². The van der Waals surface area contributed by atoms with Crippen molar-refractivity contribution < 1.29 is 14.3 Å². The van der Waals surface area contributed by atoms with E-state index in [4.69, 9.17) is 9.47 Å². The molecule has 1 saturated heterocycles. The van der Waals surface area contributed by atoms with Gasteiger partial charge in [0.25, 0.3) is 0 Å². The number of hydrogen-bond donors (Lipinski definition) is 0. The van der Waals surface area contributed by atoms with Crippen molar-refractivity contribution in [1.82, 2.24) is 0 Å². The van der Waals surface area contributed by atoms with Crippen LogP contribution in [0.5, 0.6) is 0 Å². The molecule has 0 amide bonds. The quantitative estimate of drug-likeness (QED) is 0.405. The molecule has 1 aliphatic carbocycles. The Labute approximate surface area is 90.4 Å². The highest BCUT2D eigenvalue weighted by molar-refractivity contribution is 5.87. The highest BCUT2D eigenvalue weighted by Crippen LogP contribution is 2.39. The normalized spacial score (nSPS) is 33.0. The smallest absolute Gasteiger partial charge is 0.333 e. The summed E-state index contributed by atoms with van der Waals surface area (Å²) in [5, 5.41) is 0. The van der Waals surface area contributed by atoms with E-state index in [-0.39, 0.29) is 5.97 Å². The molecule has 3 atom stereocenters. The van der Waals surface area contributed by atoms with Crippen molar-refractivity contribution in [2.45, 2.75) is 44.8 Å². The largest absolute Gasteiger partial charge is 0.462 e. The second-order valence-corrected chi connectivity index (χ2v) is 4.45. The summed E-state index contributed by atoms with van der Waals surface area (Å²) in [4.78, 5) is 11.4. The van der Waals surface area contributed by atoms with Crippen molar-refractivity contribution in [1.29, 1.82) is 0 Å². The maximum atomic E-state index is 11.4. The van der Waals surface area contributed by atoms with E-state index in [1.54, 1.807) is 0 Å². The minimum absolute atomic E-state index is 0.240. The third-order valence-corrected chi connectivity index (χ3v) is 3.28. The van der Waals surface area contributed by atoms with Crippen LogP contribution in [0.25, 0.3) is 0 Å². The number of ether oxygens (including phenoxy) is 2. The maximum absolute atomic E-state index is 11.4. The number of fused-ring (bicyclic) bond motifs is 1. The number of epoxide rings is 1. The van der Waals surface area contributed by atoms with Crippen LogP contribution in [0.1, 0.15) is 32.6 Å². The molecule has 0 radical (unpaired) electrons. The molecule has 3 nitrogen and oxygen atoms in total. The van der Waals surface area contributed by atoms with Gasteiger partial charge in [-0.15, -0.1) is 0 Å². The Hall–Kier alpha value is -0.830. The molecule has 0 aromatic rings. The number of carbonyl (C=O) groups excluding carboxylic acids is 1. The number of carbonyl (C=O) groups is 1. The van der Waals surface area contributed by atoms with Gasteiger partial charge in [-0.2, -0.15) is 0 Å². The Balaban J connectivity index is 1.68. The maximum Gasteiger partial charge on any atom is 0.333 e. The fourth-order valence-corrected chi connectivity index (χ4v) is 2.08. The second kappa shape index (κ2) is 4.35. The van der Waals surface area contributed by atoms with Crippen molar-refractivity contribution in [3.63, 3.8) is 0 Å². The van der Waals surface area contributed by atoms with Crippen molar-refractivity contribution >= 4 is 5.97 Å². The van der Waals surface area contributed by atoms with Gasteiger partial charge in [0.2, 0.25) is 0 Å². The van der Waals surface area contributed by atoms with E-state index in [9.17, 15) is 4.79 Å². The minimum Gasteiger partial charge on any atom is -0.462 e. The minimum atomic E-state index is -0.240. The molecule has 1 heterocycles. The van der Waals surface area contributed by atoms with Gasteiger partial charge in [-0.1, -0.05) is 13.5 Å². The number of rotatable bonds is 4. The first-order valence-corrected chi connectivity index (χ1v) is 5.71. The van der Waals surface area contributed by atoms with Gasteiger partial charge in [-0.05, 0) is 31.6 Å². The average Bonchev–Trinajstić information content (AvgIpc) is 3.02. The fraction of sp³-hybridized carbons (Fsp3) is 0.750. The van der Waals surface area contributed by atoms with Crippen LogP contribution in [0.2, 0.25) is 0 Å². The van der Waals surface area contributed by atoms with Gasteiger partial charge in [-0.3, -0.25) is 0 Å². The van der Waals surface area contributed by atoms with Crippen LogP contribution < -0.4 is 0 Å². The fourth-order valence-electron chi connectivity index (χ4n) is 2.08. The molecule has 1 aliphatic heterocycles. The van der Waals surface area contributed by atoms with Gasteiger partial charge in [0.05, 0.1) is 18.8 Å². The summed E-state index contributed by atoms with van der Waals surface area (Å²) in [5.41, 5.74) is 0.561. The first-order chi connectivity index (χ1) is 7.20. The van der Waals surface area contributed by atoms with Gasteiger partial charge in [0, 0.05) is 5.57 Å². The van der Waals surface area contributed by atoms with E-state index in [1.165, 1.54) is 0 Å². The van der Waals surface area contributed by atoms with E-state index in [0.29, 0.717) is 36.7 Å². The first-order valence-electron chi connectivity index (χ1n) is 5.71. The van der Waals surface area contributed by atoms with Crippen LogP contribution in [-0.4, -0.2) is 24.8 Å². The zero-order valence-corrected chi connectivity index (χ0v) is 9.20. The van der Waals surface area contributed by atoms with Gasteiger partial charge in [-0.25, -0.2) is 4.79 Å². The molecule has 0 N–H and O–H groups in total. The van der Waals surface area contributed by atoms with Gasteiger partial charge in [0.1, 0.15) is 0 Å². The van der Waals surface area contributed by atoms with E-state index < -0.39 is 0 Å². The van der Waals surface area contributed by atoms with E-state index in [0.717, 1.165) is 19.3 Å². The van der Waals surface area contributed by atoms with Crippen molar-refractivity contribution in [2.24, 2.45) is 5.92 Å². The Morgan fingerprint density at radius 3 is 2.93 bits per heavy atom. The third kappa shape index (κ3) is 2.59. The Morgan fingerprint density at radius 1 is 1.47 bits per heavy atom. The van der Waals surface area contributed by atoms with Crippen LogP contribution in [0, 0.1) is 5.92 Å². The highest BCUT2D eigenvalue weighted by Gasteiger charge is 2.43. The number of esters is 1. The molecule has 0 bridgehead atoms. The first kappa shape index (κ1) is 10.7. The Bertz CT molecular complexity index is 272. The molecule has 2 rings (SSSR count). The number of hydrogen-bond acceptors (Lipinski definition) is 3. The van der Waals surface area contributed by atoms with Crippen molar-refractivity contribution in [3.05, 3.63) is 12.2 Å². The van der Waals surface area contributed by atoms with Gasteiger partial charge in [0.15, 0.2) is 0 Å². The molecule has 15 heavy (non-hydrogen) atoms. The van der Waals surface area contributed by atoms with Crippen LogP contribution in [-0.2, 0) is 14.3 Å². The Kier molecular flexibility index (Phi) is 3.10. The monoisotopic (exact) mass is 210 g/mol. The summed E-state index contributed by atoms with van der Waals surface area (Å²) >= 11 is 0. The zero-order chi connectivity index (χ0) is 10.8. The van der Waals surface area contributed by atoms with E-state index in [2.05, 4.69) is 6.58 Å². The highest BCUT2D eigenvalue weighted by atomic mass is 16.6. The van der Waals surface area contributed by atoms with E-state index in [1.807, 2.05) is 6.92 Å². The van der Waals surface area contributed by atoms with Crippen LogP contribution in [0.15, 0.2) is 12.2 Å². The van der Waals surface area contributed by atoms with E-state index >= 15 is 0 Å². The summed E-state index contributed by atoms with van der Waals surface area (Å²) in [6.07, 6.45) is 4.93. The molecule has 2 aliphatic rings. The third-order valence-electron chi connectivity index (χ3n) is 3.28. The predicted molar refractivity (Wildman–Crippen MR) is 56.4 cm³/mol.